The van der Waals surface area contributed by atoms with Gasteiger partial charge in [-0.1, -0.05) is 23.3 Å². The first-order valence-corrected chi connectivity index (χ1v) is 9.64. The van der Waals surface area contributed by atoms with Gasteiger partial charge in [0.05, 0.1) is 11.2 Å². The van der Waals surface area contributed by atoms with Crippen molar-refractivity contribution in [3.8, 4) is 0 Å². The van der Waals surface area contributed by atoms with Gasteiger partial charge < -0.3 is 5.11 Å². The number of hydrogen-bond donors (Lipinski definition) is 1. The molecule has 21 heavy (non-hydrogen) atoms. The number of aliphatic hydroxyl groups is 1. The van der Waals surface area contributed by atoms with E-state index in [2.05, 4.69) is 32.9 Å². The third-order valence-electron chi connectivity index (χ3n) is 3.39. The molecule has 1 N–H and O–H groups in total. The van der Waals surface area contributed by atoms with Crippen molar-refractivity contribution < 1.29 is 9.50 Å². The quantitative estimate of drug-likeness (QED) is 0.595. The van der Waals surface area contributed by atoms with Crippen LogP contribution in [0, 0.1) is 0 Å². The molecule has 4 heteroatoms. The maximum atomic E-state index is 13.8. The molecule has 0 atom stereocenters. The molecule has 1 heterocycles. The van der Waals surface area contributed by atoms with E-state index in [0.29, 0.717) is 0 Å². The molecule has 0 radical (unpaired) electrons. The van der Waals surface area contributed by atoms with Crippen LogP contribution in [0.2, 0.25) is 0 Å². The van der Waals surface area contributed by atoms with Crippen LogP contribution in [-0.4, -0.2) is 27.8 Å². The zero-order valence-corrected chi connectivity index (χ0v) is 15.0. The molecule has 0 aromatic rings. The molecule has 1 rings (SSSR count). The maximum Gasteiger partial charge on any atom is 0.126 e. The average molecular weight is 331 g/mol. The van der Waals surface area contributed by atoms with E-state index in [1.165, 1.54) is 11.1 Å². The Kier molecular flexibility index (Phi) is 9.45. The monoisotopic (exact) mass is 330 g/mol. The van der Waals surface area contributed by atoms with E-state index in [4.69, 9.17) is 5.11 Å². The second kappa shape index (κ2) is 10.5. The molecular formula is C17H27FOS2. The van der Waals surface area contributed by atoms with Gasteiger partial charge in [-0.05, 0) is 52.0 Å². The van der Waals surface area contributed by atoms with Gasteiger partial charge in [0.1, 0.15) is 5.83 Å². The van der Waals surface area contributed by atoms with Gasteiger partial charge in [-0.2, -0.15) is 0 Å². The summed E-state index contributed by atoms with van der Waals surface area (Å²) in [5.74, 6) is 1.84. The number of allylic oxidation sites excluding steroid dienone is 4. The highest BCUT2D eigenvalue weighted by atomic mass is 32.2. The molecule has 0 saturated carbocycles. The summed E-state index contributed by atoms with van der Waals surface area (Å²) in [6.45, 7) is 5.91. The van der Waals surface area contributed by atoms with E-state index in [1.807, 2.05) is 0 Å². The normalized spacial score (nSPS) is 17.9. The van der Waals surface area contributed by atoms with Crippen LogP contribution in [0.25, 0.3) is 0 Å². The molecule has 0 aliphatic carbocycles. The van der Waals surface area contributed by atoms with E-state index < -0.39 is 6.61 Å². The van der Waals surface area contributed by atoms with Gasteiger partial charge in [0.2, 0.25) is 0 Å². The first kappa shape index (κ1) is 18.9. The molecule has 0 aromatic carbocycles. The van der Waals surface area contributed by atoms with E-state index in [1.54, 1.807) is 23.5 Å². The Hall–Kier alpha value is -0.190. The lowest BCUT2D eigenvalue weighted by molar-refractivity contribution is 0.295. The van der Waals surface area contributed by atoms with Crippen molar-refractivity contribution in [3.63, 3.8) is 0 Å². The largest absolute Gasteiger partial charge is 0.389 e. The Labute approximate surface area is 137 Å². The van der Waals surface area contributed by atoms with Gasteiger partial charge in [0.25, 0.3) is 0 Å². The predicted molar refractivity (Wildman–Crippen MR) is 95.6 cm³/mol. The van der Waals surface area contributed by atoms with Gasteiger partial charge in [0, 0.05) is 11.5 Å². The Morgan fingerprint density at radius 3 is 2.29 bits per heavy atom. The van der Waals surface area contributed by atoms with Crippen LogP contribution < -0.4 is 0 Å². The average Bonchev–Trinajstić information content (AvgIpc) is 2.96. The van der Waals surface area contributed by atoms with Gasteiger partial charge in [-0.3, -0.25) is 0 Å². The molecule has 1 aliphatic heterocycles. The zero-order chi connectivity index (χ0) is 15.7. The Morgan fingerprint density at radius 1 is 1.10 bits per heavy atom. The number of rotatable bonds is 8. The minimum absolute atomic E-state index is 0.205. The lowest BCUT2D eigenvalue weighted by Crippen LogP contribution is -2.03. The van der Waals surface area contributed by atoms with Crippen LogP contribution in [0.1, 0.15) is 46.5 Å². The summed E-state index contributed by atoms with van der Waals surface area (Å²) in [5, 5.41) is 9.07. The fraction of sp³-hybridized carbons (Fsp3) is 0.647. The number of thioether (sulfide) groups is 2. The number of aliphatic hydroxyl groups excluding tert-OH is 1. The fourth-order valence-electron chi connectivity index (χ4n) is 2.21. The van der Waals surface area contributed by atoms with Crippen molar-refractivity contribution in [2.75, 3.05) is 18.1 Å². The van der Waals surface area contributed by atoms with Crippen LogP contribution in [0.15, 0.2) is 34.7 Å². The highest BCUT2D eigenvalue weighted by molar-refractivity contribution is 8.20. The second-order valence-electron chi connectivity index (χ2n) is 5.57. The smallest absolute Gasteiger partial charge is 0.126 e. The Balaban J connectivity index is 2.48. The molecule has 1 fully saturated rings. The lowest BCUT2D eigenvalue weighted by Gasteiger charge is -2.14. The highest BCUT2D eigenvalue weighted by Gasteiger charge is 2.23. The first-order valence-electron chi connectivity index (χ1n) is 7.55. The van der Waals surface area contributed by atoms with Crippen LogP contribution >= 0.6 is 23.5 Å². The van der Waals surface area contributed by atoms with Gasteiger partial charge in [-0.15, -0.1) is 23.5 Å². The highest BCUT2D eigenvalue weighted by Crippen LogP contribution is 2.40. The Bertz CT molecular complexity index is 403. The standard InChI is InChI=1S/C17H27FOS2/c1-13(2)6-4-7-14(3)8-5-9-15(16(18)12-19)17-20-10-11-21-17/h6,8,17,19H,4-5,7,9-12H2,1-3H3/b14-8+,16-15+. The molecule has 0 bridgehead atoms. The molecular weight excluding hydrogens is 303 g/mol. The molecule has 120 valence electrons. The van der Waals surface area contributed by atoms with Crippen molar-refractivity contribution >= 4 is 23.5 Å². The van der Waals surface area contributed by atoms with E-state index in [0.717, 1.165) is 42.8 Å². The molecule has 0 aromatic heterocycles. The fourth-order valence-corrected chi connectivity index (χ4v) is 5.26. The van der Waals surface area contributed by atoms with Crippen molar-refractivity contribution in [2.45, 2.75) is 51.0 Å². The minimum atomic E-state index is -0.462. The van der Waals surface area contributed by atoms with Crippen molar-refractivity contribution in [1.29, 1.82) is 0 Å². The molecule has 1 saturated heterocycles. The van der Waals surface area contributed by atoms with Crippen molar-refractivity contribution in [1.82, 2.24) is 0 Å². The van der Waals surface area contributed by atoms with Crippen molar-refractivity contribution in [2.24, 2.45) is 0 Å². The summed E-state index contributed by atoms with van der Waals surface area (Å²) < 4.78 is 14.0. The van der Waals surface area contributed by atoms with E-state index >= 15 is 0 Å². The van der Waals surface area contributed by atoms with Crippen LogP contribution in [-0.2, 0) is 0 Å². The zero-order valence-electron chi connectivity index (χ0n) is 13.3. The van der Waals surface area contributed by atoms with E-state index in [9.17, 15) is 4.39 Å². The minimum Gasteiger partial charge on any atom is -0.389 e. The summed E-state index contributed by atoms with van der Waals surface area (Å²) >= 11 is 3.59. The summed E-state index contributed by atoms with van der Waals surface area (Å²) in [6.07, 6.45) is 8.19. The van der Waals surface area contributed by atoms with Crippen LogP contribution in [0.4, 0.5) is 4.39 Å². The van der Waals surface area contributed by atoms with Crippen LogP contribution in [0.5, 0.6) is 0 Å². The van der Waals surface area contributed by atoms with Gasteiger partial charge in [-0.25, -0.2) is 4.39 Å². The number of hydrogen-bond acceptors (Lipinski definition) is 3. The second-order valence-corrected chi connectivity index (χ2v) is 8.30. The SMILES string of the molecule is CC(C)=CCC/C(C)=C/CC/C(=C(\F)CO)C1SCCS1. The third-order valence-corrected chi connectivity index (χ3v) is 6.52. The van der Waals surface area contributed by atoms with Crippen molar-refractivity contribution in [3.05, 3.63) is 34.7 Å². The van der Waals surface area contributed by atoms with Gasteiger partial charge >= 0.3 is 0 Å². The molecule has 0 unspecified atom stereocenters. The topological polar surface area (TPSA) is 20.2 Å². The first-order chi connectivity index (χ1) is 10.0. The maximum absolute atomic E-state index is 13.8. The Morgan fingerprint density at radius 2 is 1.71 bits per heavy atom. The van der Waals surface area contributed by atoms with E-state index in [-0.39, 0.29) is 10.4 Å². The summed E-state index contributed by atoms with van der Waals surface area (Å²) in [7, 11) is 0. The van der Waals surface area contributed by atoms with Gasteiger partial charge in [0.15, 0.2) is 0 Å². The molecule has 1 nitrogen and oxygen atoms in total. The summed E-state index contributed by atoms with van der Waals surface area (Å²) in [5.41, 5.74) is 3.52. The summed E-state index contributed by atoms with van der Waals surface area (Å²) in [6, 6.07) is 0. The molecule has 0 amide bonds. The third kappa shape index (κ3) is 7.57. The van der Waals surface area contributed by atoms with Crippen LogP contribution in [0.3, 0.4) is 0 Å². The summed E-state index contributed by atoms with van der Waals surface area (Å²) in [4.78, 5) is 0. The lowest BCUT2D eigenvalue weighted by atomic mass is 10.1. The number of halogens is 1. The predicted octanol–water partition coefficient (Wildman–Crippen LogP) is 5.48. The molecule has 1 aliphatic rings. The molecule has 0 spiro atoms.